The summed E-state index contributed by atoms with van der Waals surface area (Å²) in [6.45, 7) is 1.13. The van der Waals surface area contributed by atoms with E-state index in [1.807, 2.05) is 0 Å². The van der Waals surface area contributed by atoms with Crippen molar-refractivity contribution in [1.29, 1.82) is 0 Å². The molecule has 1 aliphatic heterocycles. The van der Waals surface area contributed by atoms with Gasteiger partial charge in [0, 0.05) is 50.5 Å². The van der Waals surface area contributed by atoms with Crippen molar-refractivity contribution >= 4 is 27.5 Å². The number of hydrogen-bond acceptors (Lipinski definition) is 6. The van der Waals surface area contributed by atoms with Crippen LogP contribution in [0.15, 0.2) is 46.1 Å². The number of primary amides is 1. The number of furan rings is 1. The largest absolute Gasteiger partial charge is 0.472 e. The van der Waals surface area contributed by atoms with Crippen molar-refractivity contribution in [2.75, 3.05) is 32.5 Å². The molecule has 3 N–H and O–H groups in total. The summed E-state index contributed by atoms with van der Waals surface area (Å²) < 4.78 is 31.6. The molecule has 1 atom stereocenters. The number of nitrogens with one attached hydrogen (secondary N) is 1. The Kier molecular flexibility index (Phi) is 6.47. The predicted octanol–water partition coefficient (Wildman–Crippen LogP) is 1.48. The molecule has 10 heteroatoms. The summed E-state index contributed by atoms with van der Waals surface area (Å²) in [6.07, 6.45) is 4.44. The standard InChI is InChI=1S/C20H26N4O5S/c1-23(2)30(27,28)18-9-16(8-17(10-18)22-11-14-5-7-29-13-14)20(26)24-6-3-4-15(12-24)19(21)25/h5,7-10,13,15,22H,3-4,6,11-12H2,1-2H3,(H2,21,25)/t15-/m1/s1. The molecule has 2 aromatic rings. The summed E-state index contributed by atoms with van der Waals surface area (Å²) in [4.78, 5) is 26.2. The zero-order valence-corrected chi connectivity index (χ0v) is 17.8. The highest BCUT2D eigenvalue weighted by atomic mass is 32.2. The van der Waals surface area contributed by atoms with E-state index in [0.29, 0.717) is 31.6 Å². The van der Waals surface area contributed by atoms with E-state index in [4.69, 9.17) is 10.2 Å². The molecule has 162 valence electrons. The molecule has 1 aliphatic rings. The minimum absolute atomic E-state index is 0.0107. The van der Waals surface area contributed by atoms with Gasteiger partial charge in [0.1, 0.15) is 0 Å². The third kappa shape index (κ3) is 4.82. The van der Waals surface area contributed by atoms with Gasteiger partial charge in [0.2, 0.25) is 15.9 Å². The van der Waals surface area contributed by atoms with Crippen LogP contribution < -0.4 is 11.1 Å². The number of carbonyl (C=O) groups is 2. The number of rotatable bonds is 7. The Morgan fingerprint density at radius 2 is 2.07 bits per heavy atom. The first-order valence-electron chi connectivity index (χ1n) is 9.59. The van der Waals surface area contributed by atoms with E-state index in [1.54, 1.807) is 29.6 Å². The molecule has 0 radical (unpaired) electrons. The second kappa shape index (κ2) is 8.88. The van der Waals surface area contributed by atoms with Crippen LogP contribution in [0.4, 0.5) is 5.69 Å². The van der Waals surface area contributed by atoms with Gasteiger partial charge in [-0.15, -0.1) is 0 Å². The Morgan fingerprint density at radius 1 is 1.30 bits per heavy atom. The summed E-state index contributed by atoms with van der Waals surface area (Å²) in [6, 6.07) is 6.27. The zero-order valence-electron chi connectivity index (χ0n) is 17.0. The monoisotopic (exact) mass is 434 g/mol. The van der Waals surface area contributed by atoms with Crippen molar-refractivity contribution in [3.63, 3.8) is 0 Å². The smallest absolute Gasteiger partial charge is 0.253 e. The predicted molar refractivity (Wildman–Crippen MR) is 111 cm³/mol. The number of hydrogen-bond donors (Lipinski definition) is 2. The number of likely N-dealkylation sites (tertiary alicyclic amines) is 1. The van der Waals surface area contributed by atoms with Crippen LogP contribution in [-0.4, -0.2) is 56.6 Å². The van der Waals surface area contributed by atoms with Crippen LogP contribution in [0.3, 0.4) is 0 Å². The number of anilines is 1. The maximum absolute atomic E-state index is 13.1. The molecule has 9 nitrogen and oxygen atoms in total. The Bertz CT molecular complexity index is 1020. The highest BCUT2D eigenvalue weighted by Crippen LogP contribution is 2.25. The maximum Gasteiger partial charge on any atom is 0.253 e. The molecule has 0 bridgehead atoms. The molecule has 0 aliphatic carbocycles. The average molecular weight is 435 g/mol. The van der Waals surface area contributed by atoms with E-state index < -0.39 is 21.8 Å². The highest BCUT2D eigenvalue weighted by molar-refractivity contribution is 7.89. The van der Waals surface area contributed by atoms with Gasteiger partial charge < -0.3 is 20.4 Å². The molecule has 2 heterocycles. The van der Waals surface area contributed by atoms with E-state index >= 15 is 0 Å². The average Bonchev–Trinajstić information content (AvgIpc) is 3.25. The van der Waals surface area contributed by atoms with Gasteiger partial charge in [-0.05, 0) is 37.1 Å². The maximum atomic E-state index is 13.1. The number of carbonyl (C=O) groups excluding carboxylic acids is 2. The SMILES string of the molecule is CN(C)S(=O)(=O)c1cc(NCc2ccoc2)cc(C(=O)N2CCC[C@@H](C(N)=O)C2)c1. The van der Waals surface area contributed by atoms with E-state index in [2.05, 4.69) is 5.32 Å². The van der Waals surface area contributed by atoms with Crippen molar-refractivity contribution in [1.82, 2.24) is 9.21 Å². The van der Waals surface area contributed by atoms with Crippen molar-refractivity contribution in [2.45, 2.75) is 24.3 Å². The molecule has 0 unspecified atom stereocenters. The van der Waals surface area contributed by atoms with Gasteiger partial charge in [0.25, 0.3) is 5.91 Å². The normalized spacial score (nSPS) is 17.2. The first-order chi connectivity index (χ1) is 14.2. The lowest BCUT2D eigenvalue weighted by Crippen LogP contribution is -2.44. The van der Waals surface area contributed by atoms with Gasteiger partial charge in [-0.1, -0.05) is 0 Å². The molecule has 2 amide bonds. The fourth-order valence-corrected chi connectivity index (χ4v) is 4.33. The molecule has 1 fully saturated rings. The second-order valence-electron chi connectivity index (χ2n) is 7.51. The van der Waals surface area contributed by atoms with Gasteiger partial charge in [0.05, 0.1) is 23.3 Å². The van der Waals surface area contributed by atoms with Crippen LogP contribution in [0.2, 0.25) is 0 Å². The highest BCUT2D eigenvalue weighted by Gasteiger charge is 2.29. The van der Waals surface area contributed by atoms with Gasteiger partial charge in [-0.3, -0.25) is 9.59 Å². The lowest BCUT2D eigenvalue weighted by molar-refractivity contribution is -0.123. The lowest BCUT2D eigenvalue weighted by Gasteiger charge is -2.31. The van der Waals surface area contributed by atoms with Crippen LogP contribution >= 0.6 is 0 Å². The quantitative estimate of drug-likeness (QED) is 0.680. The van der Waals surface area contributed by atoms with Gasteiger partial charge >= 0.3 is 0 Å². The Hall–Kier alpha value is -2.85. The van der Waals surface area contributed by atoms with Crippen LogP contribution in [0, 0.1) is 5.92 Å². The molecule has 1 aromatic heterocycles. The summed E-state index contributed by atoms with van der Waals surface area (Å²) in [5.41, 5.74) is 7.02. The fourth-order valence-electron chi connectivity index (χ4n) is 3.36. The molecule has 0 saturated carbocycles. The first-order valence-corrected chi connectivity index (χ1v) is 11.0. The second-order valence-corrected chi connectivity index (χ2v) is 9.66. The number of nitrogens with zero attached hydrogens (tertiary/aromatic N) is 2. The molecule has 1 aromatic carbocycles. The van der Waals surface area contributed by atoms with E-state index in [-0.39, 0.29) is 22.9 Å². The lowest BCUT2D eigenvalue weighted by atomic mass is 9.97. The van der Waals surface area contributed by atoms with E-state index in [9.17, 15) is 18.0 Å². The molecule has 1 saturated heterocycles. The van der Waals surface area contributed by atoms with Crippen LogP contribution in [0.1, 0.15) is 28.8 Å². The topological polar surface area (TPSA) is 126 Å². The zero-order chi connectivity index (χ0) is 21.9. The Morgan fingerprint density at radius 3 is 2.70 bits per heavy atom. The molecule has 3 rings (SSSR count). The number of sulfonamides is 1. The van der Waals surface area contributed by atoms with E-state index in [1.165, 1.54) is 26.2 Å². The number of piperidine rings is 1. The van der Waals surface area contributed by atoms with Crippen LogP contribution in [0.5, 0.6) is 0 Å². The van der Waals surface area contributed by atoms with Crippen molar-refractivity contribution in [3.05, 3.63) is 47.9 Å². The minimum atomic E-state index is -3.75. The third-order valence-corrected chi connectivity index (χ3v) is 6.91. The number of amides is 2. The summed E-state index contributed by atoms with van der Waals surface area (Å²) in [7, 11) is -0.882. The summed E-state index contributed by atoms with van der Waals surface area (Å²) >= 11 is 0. The molecule has 30 heavy (non-hydrogen) atoms. The number of benzene rings is 1. The van der Waals surface area contributed by atoms with Gasteiger partial charge in [-0.2, -0.15) is 0 Å². The van der Waals surface area contributed by atoms with Crippen LogP contribution in [-0.2, 0) is 21.4 Å². The van der Waals surface area contributed by atoms with E-state index in [0.717, 1.165) is 9.87 Å². The van der Waals surface area contributed by atoms with Gasteiger partial charge in [0.15, 0.2) is 0 Å². The van der Waals surface area contributed by atoms with Crippen molar-refractivity contribution < 1.29 is 22.4 Å². The summed E-state index contributed by atoms with van der Waals surface area (Å²) in [5.74, 6) is -1.16. The number of nitrogens with two attached hydrogens (primary N) is 1. The van der Waals surface area contributed by atoms with Crippen LogP contribution in [0.25, 0.3) is 0 Å². The van der Waals surface area contributed by atoms with Crippen molar-refractivity contribution in [3.8, 4) is 0 Å². The minimum Gasteiger partial charge on any atom is -0.472 e. The summed E-state index contributed by atoms with van der Waals surface area (Å²) in [5, 5.41) is 3.14. The molecule has 0 spiro atoms. The van der Waals surface area contributed by atoms with Gasteiger partial charge in [-0.25, -0.2) is 12.7 Å². The molecular weight excluding hydrogens is 408 g/mol. The van der Waals surface area contributed by atoms with Crippen molar-refractivity contribution in [2.24, 2.45) is 11.7 Å². The molecular formula is C20H26N4O5S. The fraction of sp³-hybridized carbons (Fsp3) is 0.400. The first kappa shape index (κ1) is 21.8. The Balaban J connectivity index is 1.92. The Labute approximate surface area is 175 Å². The third-order valence-electron chi connectivity index (χ3n) is 5.12.